The summed E-state index contributed by atoms with van der Waals surface area (Å²) in [5.41, 5.74) is 0.480. The Morgan fingerprint density at radius 2 is 1.95 bits per heavy atom. The fraction of sp³-hybridized carbons (Fsp3) is 0.520. The Morgan fingerprint density at radius 1 is 1.16 bits per heavy atom. The first-order chi connectivity index (χ1) is 17.8. The molecule has 2 aliphatic heterocycles. The molecule has 2 aromatic heterocycles. The van der Waals surface area contributed by atoms with Gasteiger partial charge in [-0.1, -0.05) is 32.1 Å². The second-order valence-corrected chi connectivity index (χ2v) is 12.6. The van der Waals surface area contributed by atoms with Crippen LogP contribution in [0.15, 0.2) is 46.2 Å². The van der Waals surface area contributed by atoms with Crippen molar-refractivity contribution in [3.8, 4) is 0 Å². The van der Waals surface area contributed by atoms with Gasteiger partial charge in [0.15, 0.2) is 12.0 Å². The van der Waals surface area contributed by atoms with Crippen LogP contribution in [-0.2, 0) is 19.6 Å². The van der Waals surface area contributed by atoms with Crippen molar-refractivity contribution in [1.29, 1.82) is 0 Å². The van der Waals surface area contributed by atoms with Gasteiger partial charge >= 0.3 is 15.0 Å². The zero-order valence-electron chi connectivity index (χ0n) is 20.3. The average Bonchev–Trinajstić information content (AvgIpc) is 3.63. The van der Waals surface area contributed by atoms with Gasteiger partial charge in [0.25, 0.3) is 5.91 Å². The molecule has 1 N–H and O–H groups in total. The summed E-state index contributed by atoms with van der Waals surface area (Å²) in [6.07, 6.45) is 7.17. The number of ketones is 1. The topological polar surface area (TPSA) is 131 Å². The lowest BCUT2D eigenvalue weighted by Gasteiger charge is -2.31. The Hall–Kier alpha value is -2.83. The third-order valence-electron chi connectivity index (χ3n) is 7.70. The molecule has 3 atom stereocenters. The van der Waals surface area contributed by atoms with Crippen LogP contribution in [0.1, 0.15) is 55.3 Å². The molecule has 0 aromatic carbocycles. The number of nitrogens with zero attached hydrogens (tertiary/aromatic N) is 3. The van der Waals surface area contributed by atoms with E-state index < -0.39 is 39.7 Å². The first-order valence-corrected chi connectivity index (χ1v) is 15.0. The molecule has 12 heteroatoms. The highest BCUT2D eigenvalue weighted by molar-refractivity contribution is 7.89. The van der Waals surface area contributed by atoms with Crippen LogP contribution in [0.25, 0.3) is 0 Å². The van der Waals surface area contributed by atoms with Crippen molar-refractivity contribution < 1.29 is 27.5 Å². The van der Waals surface area contributed by atoms with Crippen molar-refractivity contribution in [2.24, 2.45) is 5.92 Å². The summed E-state index contributed by atoms with van der Waals surface area (Å²) in [4.78, 5) is 41.3. The molecule has 5 rings (SSSR count). The summed E-state index contributed by atoms with van der Waals surface area (Å²) in [7, 11) is -4.24. The number of rotatable bonds is 7. The van der Waals surface area contributed by atoms with Gasteiger partial charge in [0.1, 0.15) is 12.1 Å². The van der Waals surface area contributed by atoms with Gasteiger partial charge in [-0.15, -0.1) is 0 Å². The van der Waals surface area contributed by atoms with Gasteiger partial charge in [-0.05, 0) is 36.3 Å². The number of Topliss-reactive ketones (excluding diaryl/α,β-unsaturated/α-hetero) is 1. The molecule has 2 amide bonds. The molecular weight excluding hydrogens is 516 g/mol. The van der Waals surface area contributed by atoms with E-state index in [9.17, 15) is 28.0 Å². The van der Waals surface area contributed by atoms with E-state index in [-0.39, 0.29) is 35.3 Å². The summed E-state index contributed by atoms with van der Waals surface area (Å²) in [6, 6.07) is 3.30. The monoisotopic (exact) mass is 546 g/mol. The lowest BCUT2D eigenvalue weighted by atomic mass is 9.84. The average molecular weight is 547 g/mol. The van der Waals surface area contributed by atoms with Gasteiger partial charge in [0.2, 0.25) is 5.91 Å². The van der Waals surface area contributed by atoms with Crippen LogP contribution in [0.3, 0.4) is 0 Å². The number of hydrogen-bond acceptors (Lipinski definition) is 7. The van der Waals surface area contributed by atoms with Crippen molar-refractivity contribution >= 4 is 39.0 Å². The SMILES string of the molecule is O=C(NC(CC1CCCCC1)C(=O)N1CCC2C1C(=O)CN2S(=O)(=O)c1cccc[n+]1[O-])c1ccsc1. The maximum Gasteiger partial charge on any atom is 0.323 e. The van der Waals surface area contributed by atoms with Crippen molar-refractivity contribution in [3.63, 3.8) is 0 Å². The van der Waals surface area contributed by atoms with Gasteiger partial charge in [-0.25, -0.2) is 8.42 Å². The largest absolute Gasteiger partial charge is 0.618 e. The number of thiophene rings is 1. The van der Waals surface area contributed by atoms with Crippen LogP contribution < -0.4 is 10.0 Å². The van der Waals surface area contributed by atoms with Crippen molar-refractivity contribution in [2.45, 2.75) is 68.1 Å². The van der Waals surface area contributed by atoms with E-state index in [1.807, 2.05) is 0 Å². The first kappa shape index (κ1) is 25.8. The van der Waals surface area contributed by atoms with Crippen LogP contribution in [-0.4, -0.2) is 66.4 Å². The molecule has 0 spiro atoms. The van der Waals surface area contributed by atoms with Gasteiger partial charge < -0.3 is 15.4 Å². The van der Waals surface area contributed by atoms with Gasteiger partial charge in [-0.3, -0.25) is 14.4 Å². The van der Waals surface area contributed by atoms with Crippen molar-refractivity contribution in [1.82, 2.24) is 14.5 Å². The summed E-state index contributed by atoms with van der Waals surface area (Å²) in [6.45, 7) is -0.196. The number of sulfonamides is 1. The smallest absolute Gasteiger partial charge is 0.323 e. The molecule has 0 bridgehead atoms. The quantitative estimate of drug-likeness (QED) is 0.416. The van der Waals surface area contributed by atoms with E-state index in [1.54, 1.807) is 16.8 Å². The zero-order valence-corrected chi connectivity index (χ0v) is 22.0. The molecule has 3 fully saturated rings. The first-order valence-electron chi connectivity index (χ1n) is 12.6. The number of aromatic nitrogens is 1. The minimum absolute atomic E-state index is 0.202. The third kappa shape index (κ3) is 5.01. The normalized spacial score (nSPS) is 23.7. The Kier molecular flexibility index (Phi) is 7.32. The van der Waals surface area contributed by atoms with Crippen LogP contribution >= 0.6 is 11.3 Å². The van der Waals surface area contributed by atoms with Crippen LogP contribution in [0.5, 0.6) is 0 Å². The molecule has 10 nitrogen and oxygen atoms in total. The van der Waals surface area contributed by atoms with Gasteiger partial charge in [0.05, 0.1) is 18.2 Å². The highest BCUT2D eigenvalue weighted by atomic mass is 32.2. The number of carbonyl (C=O) groups is 3. The second-order valence-electron chi connectivity index (χ2n) is 9.99. The molecule has 2 saturated heterocycles. The molecule has 198 valence electrons. The van der Waals surface area contributed by atoms with Crippen molar-refractivity contribution in [2.75, 3.05) is 13.1 Å². The summed E-state index contributed by atoms with van der Waals surface area (Å²) >= 11 is 1.39. The van der Waals surface area contributed by atoms with Crippen LogP contribution in [0, 0.1) is 11.1 Å². The number of likely N-dealkylation sites (tertiary alicyclic amines) is 1. The van der Waals surface area contributed by atoms with E-state index in [0.29, 0.717) is 17.9 Å². The Balaban J connectivity index is 1.37. The van der Waals surface area contributed by atoms with E-state index in [1.165, 1.54) is 34.4 Å². The predicted molar refractivity (Wildman–Crippen MR) is 135 cm³/mol. The van der Waals surface area contributed by atoms with E-state index in [2.05, 4.69) is 5.32 Å². The number of carbonyl (C=O) groups excluding carboxylic acids is 3. The molecule has 1 saturated carbocycles. The third-order valence-corrected chi connectivity index (χ3v) is 10.2. The minimum Gasteiger partial charge on any atom is -0.618 e. The summed E-state index contributed by atoms with van der Waals surface area (Å²) in [5.74, 6) is -0.774. The molecule has 2 aromatic rings. The number of amides is 2. The molecule has 37 heavy (non-hydrogen) atoms. The Labute approximate surface area is 219 Å². The highest BCUT2D eigenvalue weighted by Gasteiger charge is 2.55. The lowest BCUT2D eigenvalue weighted by Crippen LogP contribution is -2.53. The molecule has 4 heterocycles. The molecule has 3 unspecified atom stereocenters. The predicted octanol–water partition coefficient (Wildman–Crippen LogP) is 1.69. The standard InChI is InChI=1S/C25H30N4O6S2/c30-21-15-29(37(34,35)22-8-4-5-11-28(22)33)20-9-12-27(23(20)21)25(32)19(14-17-6-2-1-3-7-17)26-24(31)18-10-13-36-16-18/h4-5,8,10-11,13,16-17,19-20,23H,1-3,6-7,9,12,14-15H2,(H,26,31). The lowest BCUT2D eigenvalue weighted by molar-refractivity contribution is -0.646. The van der Waals surface area contributed by atoms with E-state index in [0.717, 1.165) is 42.6 Å². The fourth-order valence-corrected chi connectivity index (χ4v) is 8.18. The molecule has 1 aliphatic carbocycles. The van der Waals surface area contributed by atoms with Gasteiger partial charge in [-0.2, -0.15) is 20.4 Å². The highest BCUT2D eigenvalue weighted by Crippen LogP contribution is 2.35. The fourth-order valence-electron chi connectivity index (χ4n) is 5.89. The second kappa shape index (κ2) is 10.5. The summed E-state index contributed by atoms with van der Waals surface area (Å²) < 4.78 is 27.9. The Morgan fingerprint density at radius 3 is 2.65 bits per heavy atom. The number of fused-ring (bicyclic) bond motifs is 1. The van der Waals surface area contributed by atoms with E-state index >= 15 is 0 Å². The van der Waals surface area contributed by atoms with Gasteiger partial charge in [0, 0.05) is 24.1 Å². The summed E-state index contributed by atoms with van der Waals surface area (Å²) in [5, 5.41) is 18.1. The zero-order chi connectivity index (χ0) is 26.2. The molecular formula is C25H30N4O6S2. The Bertz CT molecular complexity index is 1280. The molecule has 3 aliphatic rings. The number of nitrogens with one attached hydrogen (secondary N) is 1. The number of pyridine rings is 1. The van der Waals surface area contributed by atoms with Crippen LogP contribution in [0.2, 0.25) is 0 Å². The van der Waals surface area contributed by atoms with Crippen LogP contribution in [0.4, 0.5) is 0 Å². The maximum atomic E-state index is 13.8. The van der Waals surface area contributed by atoms with E-state index in [4.69, 9.17) is 0 Å². The molecule has 0 radical (unpaired) electrons. The number of hydrogen-bond donors (Lipinski definition) is 1. The minimum atomic E-state index is -4.24. The maximum absolute atomic E-state index is 13.8. The van der Waals surface area contributed by atoms with Crippen molar-refractivity contribution in [3.05, 3.63) is 52.0 Å².